The largest absolute Gasteiger partial charge is 0.351 e. The highest BCUT2D eigenvalue weighted by Gasteiger charge is 2.38. The highest BCUT2D eigenvalue weighted by Crippen LogP contribution is 2.42. The van der Waals surface area contributed by atoms with Crippen molar-refractivity contribution in [1.29, 1.82) is 0 Å². The summed E-state index contributed by atoms with van der Waals surface area (Å²) in [5.41, 5.74) is 5.43. The zero-order valence-electron chi connectivity index (χ0n) is 22.9. The molecule has 208 valence electrons. The number of fused-ring (bicyclic) bond motifs is 1. The third-order valence-electron chi connectivity index (χ3n) is 9.41. The summed E-state index contributed by atoms with van der Waals surface area (Å²) in [6.45, 7) is 5.44. The number of rotatable bonds is 6. The molecule has 0 saturated carbocycles. The molecule has 1 unspecified atom stereocenters. The topological polar surface area (TPSA) is 65.5 Å². The second kappa shape index (κ2) is 11.7. The van der Waals surface area contributed by atoms with E-state index in [1.54, 1.807) is 12.1 Å². The maximum Gasteiger partial charge on any atom is 0.253 e. The molecule has 1 atom stereocenters. The Bertz CT molecular complexity index is 1360. The molecule has 3 heterocycles. The first-order valence-corrected chi connectivity index (χ1v) is 14.9. The number of halogens is 1. The minimum Gasteiger partial charge on any atom is -0.351 e. The number of aryl methyl sites for hydroxylation is 1. The quantitative estimate of drug-likeness (QED) is 0.422. The van der Waals surface area contributed by atoms with Gasteiger partial charge in [0.2, 0.25) is 0 Å². The monoisotopic (exact) mass is 556 g/mol. The summed E-state index contributed by atoms with van der Waals surface area (Å²) in [5, 5.41) is 3.52. The van der Waals surface area contributed by atoms with E-state index in [1.807, 2.05) is 30.6 Å². The maximum atomic E-state index is 13.5. The highest BCUT2D eigenvalue weighted by molar-refractivity contribution is 6.33. The zero-order chi connectivity index (χ0) is 27.5. The fourth-order valence-corrected chi connectivity index (χ4v) is 7.01. The Balaban J connectivity index is 1.03. The van der Waals surface area contributed by atoms with E-state index in [1.165, 1.54) is 29.5 Å². The Morgan fingerprint density at radius 3 is 2.42 bits per heavy atom. The summed E-state index contributed by atoms with van der Waals surface area (Å²) in [5.74, 6) is 0.186. The summed E-state index contributed by atoms with van der Waals surface area (Å²) >= 11 is 6.20. The van der Waals surface area contributed by atoms with Gasteiger partial charge in [-0.3, -0.25) is 19.5 Å². The molecule has 2 fully saturated rings. The predicted octanol–water partition coefficient (Wildman–Crippen LogP) is 5.71. The van der Waals surface area contributed by atoms with Crippen LogP contribution in [-0.2, 0) is 13.0 Å². The van der Waals surface area contributed by atoms with Gasteiger partial charge in [0.1, 0.15) is 0 Å². The first-order chi connectivity index (χ1) is 19.5. The minimum atomic E-state index is -0.156. The standard InChI is InChI=1S/C33H37ClN4O2/c34-30-4-2-1-3-28(30)31(39)36-22-27-8-6-25-5-7-26(21-29(25)27)32(40)38-19-13-33(14-20-38)11-17-37(18-12-33)23-24-9-15-35-16-10-24/h1-5,7,9-10,15-16,21,27H,6,8,11-14,17-20,22-23H2,(H,36,39). The van der Waals surface area contributed by atoms with Crippen LogP contribution in [0.25, 0.3) is 0 Å². The molecule has 2 aliphatic heterocycles. The van der Waals surface area contributed by atoms with Crippen LogP contribution in [0.15, 0.2) is 67.0 Å². The fourth-order valence-electron chi connectivity index (χ4n) is 6.79. The van der Waals surface area contributed by atoms with Crippen molar-refractivity contribution >= 4 is 23.4 Å². The molecule has 0 bridgehead atoms. The lowest BCUT2D eigenvalue weighted by atomic mass is 9.71. The molecule has 3 aromatic rings. The first kappa shape index (κ1) is 27.0. The van der Waals surface area contributed by atoms with Crippen molar-refractivity contribution in [1.82, 2.24) is 20.1 Å². The Morgan fingerprint density at radius 2 is 1.68 bits per heavy atom. The number of hydrogen-bond donors (Lipinski definition) is 1. The van der Waals surface area contributed by atoms with E-state index >= 15 is 0 Å². The lowest BCUT2D eigenvalue weighted by Gasteiger charge is -2.47. The average molecular weight is 557 g/mol. The van der Waals surface area contributed by atoms with Crippen molar-refractivity contribution in [2.45, 2.75) is 51.0 Å². The molecule has 1 N–H and O–H groups in total. The number of carbonyl (C=O) groups excluding carboxylic acids is 2. The van der Waals surface area contributed by atoms with Crippen LogP contribution >= 0.6 is 11.6 Å². The van der Waals surface area contributed by atoms with Gasteiger partial charge in [0, 0.05) is 50.1 Å². The van der Waals surface area contributed by atoms with Gasteiger partial charge in [-0.15, -0.1) is 0 Å². The van der Waals surface area contributed by atoms with Gasteiger partial charge in [-0.2, -0.15) is 0 Å². The van der Waals surface area contributed by atoms with Gasteiger partial charge in [0.15, 0.2) is 0 Å². The van der Waals surface area contributed by atoms with E-state index in [0.29, 0.717) is 22.5 Å². The first-order valence-electron chi connectivity index (χ1n) is 14.6. The van der Waals surface area contributed by atoms with Crippen LogP contribution in [-0.4, -0.2) is 59.3 Å². The number of hydrogen-bond acceptors (Lipinski definition) is 4. The van der Waals surface area contributed by atoms with Crippen LogP contribution in [0.2, 0.25) is 5.02 Å². The predicted molar refractivity (Wildman–Crippen MR) is 158 cm³/mol. The number of piperidine rings is 2. The molecule has 2 aromatic carbocycles. The Labute approximate surface area is 241 Å². The Hall–Kier alpha value is -3.22. The van der Waals surface area contributed by atoms with Crippen molar-refractivity contribution in [3.05, 3.63) is 99.8 Å². The summed E-state index contributed by atoms with van der Waals surface area (Å²) in [7, 11) is 0. The molecule has 1 aromatic heterocycles. The lowest BCUT2D eigenvalue weighted by Crippen LogP contribution is -2.48. The SMILES string of the molecule is O=C(NCC1CCc2ccc(C(=O)N3CCC4(CCN(Cc5ccncc5)CC4)CC3)cc21)c1ccccc1Cl. The van der Waals surface area contributed by atoms with Crippen LogP contribution in [0.3, 0.4) is 0 Å². The van der Waals surface area contributed by atoms with Gasteiger partial charge in [0.25, 0.3) is 11.8 Å². The van der Waals surface area contributed by atoms with Crippen LogP contribution < -0.4 is 5.32 Å². The van der Waals surface area contributed by atoms with Gasteiger partial charge in [-0.05, 0) is 110 Å². The van der Waals surface area contributed by atoms with E-state index in [-0.39, 0.29) is 17.7 Å². The van der Waals surface area contributed by atoms with Crippen molar-refractivity contribution in [2.75, 3.05) is 32.7 Å². The molecule has 0 radical (unpaired) electrons. The van der Waals surface area contributed by atoms with Gasteiger partial charge in [0.05, 0.1) is 10.6 Å². The van der Waals surface area contributed by atoms with Crippen molar-refractivity contribution in [2.24, 2.45) is 5.41 Å². The average Bonchev–Trinajstić information content (AvgIpc) is 3.40. The van der Waals surface area contributed by atoms with Crippen molar-refractivity contribution in [3.63, 3.8) is 0 Å². The van der Waals surface area contributed by atoms with Gasteiger partial charge in [-0.1, -0.05) is 29.8 Å². The number of pyridine rings is 1. The summed E-state index contributed by atoms with van der Waals surface area (Å²) in [6.07, 6.45) is 10.3. The Morgan fingerprint density at radius 1 is 0.950 bits per heavy atom. The van der Waals surface area contributed by atoms with E-state index in [4.69, 9.17) is 11.6 Å². The number of aromatic nitrogens is 1. The maximum absolute atomic E-state index is 13.5. The number of nitrogens with one attached hydrogen (secondary N) is 1. The highest BCUT2D eigenvalue weighted by atomic mass is 35.5. The Kier molecular flexibility index (Phi) is 7.90. The number of nitrogens with zero attached hydrogens (tertiary/aromatic N) is 3. The second-order valence-electron chi connectivity index (χ2n) is 11.8. The fraction of sp³-hybridized carbons (Fsp3) is 0.424. The van der Waals surface area contributed by atoms with E-state index in [0.717, 1.165) is 64.0 Å². The van der Waals surface area contributed by atoms with Gasteiger partial charge in [-0.25, -0.2) is 0 Å². The third kappa shape index (κ3) is 5.79. The second-order valence-corrected chi connectivity index (χ2v) is 12.2. The summed E-state index contributed by atoms with van der Waals surface area (Å²) < 4.78 is 0. The summed E-state index contributed by atoms with van der Waals surface area (Å²) in [6, 6.07) is 17.5. The molecule has 3 aliphatic rings. The van der Waals surface area contributed by atoms with E-state index < -0.39 is 0 Å². The molecular formula is C33H37ClN4O2. The lowest BCUT2D eigenvalue weighted by molar-refractivity contribution is 0.0285. The molecule has 2 saturated heterocycles. The van der Waals surface area contributed by atoms with Crippen molar-refractivity contribution < 1.29 is 9.59 Å². The number of carbonyl (C=O) groups is 2. The third-order valence-corrected chi connectivity index (χ3v) is 9.74. The number of amides is 2. The van der Waals surface area contributed by atoms with E-state index in [9.17, 15) is 9.59 Å². The van der Waals surface area contributed by atoms with Crippen LogP contribution in [0.4, 0.5) is 0 Å². The zero-order valence-corrected chi connectivity index (χ0v) is 23.7. The van der Waals surface area contributed by atoms with Gasteiger partial charge >= 0.3 is 0 Å². The van der Waals surface area contributed by atoms with Crippen molar-refractivity contribution in [3.8, 4) is 0 Å². The molecule has 1 aliphatic carbocycles. The number of likely N-dealkylation sites (tertiary alicyclic amines) is 2. The number of benzene rings is 2. The van der Waals surface area contributed by atoms with Crippen LogP contribution in [0.5, 0.6) is 0 Å². The van der Waals surface area contributed by atoms with Crippen LogP contribution in [0.1, 0.15) is 75.4 Å². The molecule has 40 heavy (non-hydrogen) atoms. The normalized spacial score (nSPS) is 20.3. The minimum absolute atomic E-state index is 0.138. The molecule has 7 heteroatoms. The summed E-state index contributed by atoms with van der Waals surface area (Å²) in [4.78, 5) is 35.0. The molecule has 2 amide bonds. The molecule has 6 rings (SSSR count). The van der Waals surface area contributed by atoms with Gasteiger partial charge < -0.3 is 10.2 Å². The smallest absolute Gasteiger partial charge is 0.253 e. The molecule has 1 spiro atoms. The molecular weight excluding hydrogens is 520 g/mol. The van der Waals surface area contributed by atoms with E-state index in [2.05, 4.69) is 44.4 Å². The van der Waals surface area contributed by atoms with Crippen LogP contribution in [0, 0.1) is 5.41 Å². The molecule has 6 nitrogen and oxygen atoms in total.